The second kappa shape index (κ2) is 8.84. The zero-order valence-electron chi connectivity index (χ0n) is 16.0. The molecule has 6 nitrogen and oxygen atoms in total. The fourth-order valence-corrected chi connectivity index (χ4v) is 3.22. The van der Waals surface area contributed by atoms with Crippen LogP contribution in [0, 0.1) is 5.82 Å². The van der Waals surface area contributed by atoms with E-state index in [9.17, 15) is 14.0 Å². The van der Waals surface area contributed by atoms with Gasteiger partial charge in [0.05, 0.1) is 20.8 Å². The van der Waals surface area contributed by atoms with E-state index in [1.165, 1.54) is 25.3 Å². The van der Waals surface area contributed by atoms with E-state index in [1.54, 1.807) is 36.3 Å². The molecule has 2 aromatic rings. The smallest absolute Gasteiger partial charge is 0.254 e. The Hall–Kier alpha value is -2.93. The van der Waals surface area contributed by atoms with E-state index in [-0.39, 0.29) is 18.2 Å². The highest BCUT2D eigenvalue weighted by molar-refractivity contribution is 5.98. The van der Waals surface area contributed by atoms with E-state index in [0.717, 1.165) is 0 Å². The van der Waals surface area contributed by atoms with Gasteiger partial charge in [0.2, 0.25) is 0 Å². The minimum atomic E-state index is -0.426. The SMILES string of the molecule is COc1ccc(C(=O)CN2CCN(C(=O)c3cccc(F)c3)CC2)cc1OC. The van der Waals surface area contributed by atoms with Crippen molar-refractivity contribution in [1.29, 1.82) is 0 Å². The van der Waals surface area contributed by atoms with Gasteiger partial charge in [-0.25, -0.2) is 4.39 Å². The first-order valence-corrected chi connectivity index (χ1v) is 9.04. The molecule has 7 heteroatoms. The maximum Gasteiger partial charge on any atom is 0.254 e. The number of halogens is 1. The van der Waals surface area contributed by atoms with E-state index in [2.05, 4.69) is 0 Å². The second-order valence-electron chi connectivity index (χ2n) is 6.57. The summed E-state index contributed by atoms with van der Waals surface area (Å²) in [4.78, 5) is 28.8. The van der Waals surface area contributed by atoms with Crippen molar-refractivity contribution in [3.05, 3.63) is 59.4 Å². The number of amides is 1. The van der Waals surface area contributed by atoms with Crippen LogP contribution < -0.4 is 9.47 Å². The number of piperazine rings is 1. The minimum absolute atomic E-state index is 0.0224. The van der Waals surface area contributed by atoms with Crippen molar-refractivity contribution in [3.63, 3.8) is 0 Å². The lowest BCUT2D eigenvalue weighted by Gasteiger charge is -2.34. The number of hydrogen-bond donors (Lipinski definition) is 0. The number of Topliss-reactive ketones (excluding diaryl/α,β-unsaturated/α-hetero) is 1. The molecule has 0 spiro atoms. The van der Waals surface area contributed by atoms with Crippen molar-refractivity contribution >= 4 is 11.7 Å². The molecule has 0 aromatic heterocycles. The van der Waals surface area contributed by atoms with Crippen molar-refractivity contribution in [2.24, 2.45) is 0 Å². The van der Waals surface area contributed by atoms with Crippen LogP contribution in [0.25, 0.3) is 0 Å². The molecule has 0 bridgehead atoms. The number of ether oxygens (including phenoxy) is 2. The summed E-state index contributed by atoms with van der Waals surface area (Å²) in [5.74, 6) is 0.448. The number of benzene rings is 2. The topological polar surface area (TPSA) is 59.1 Å². The van der Waals surface area contributed by atoms with Gasteiger partial charge in [-0.3, -0.25) is 14.5 Å². The lowest BCUT2D eigenvalue weighted by molar-refractivity contribution is 0.0624. The monoisotopic (exact) mass is 386 g/mol. The van der Waals surface area contributed by atoms with Gasteiger partial charge in [-0.15, -0.1) is 0 Å². The predicted molar refractivity (Wildman–Crippen MR) is 103 cm³/mol. The summed E-state index contributed by atoms with van der Waals surface area (Å²) in [5, 5.41) is 0. The fourth-order valence-electron chi connectivity index (χ4n) is 3.22. The van der Waals surface area contributed by atoms with Crippen LogP contribution in [0.15, 0.2) is 42.5 Å². The highest BCUT2D eigenvalue weighted by atomic mass is 19.1. The van der Waals surface area contributed by atoms with Crippen LogP contribution in [-0.2, 0) is 0 Å². The van der Waals surface area contributed by atoms with Crippen LogP contribution in [0.3, 0.4) is 0 Å². The Kier molecular flexibility index (Phi) is 6.26. The lowest BCUT2D eigenvalue weighted by Crippen LogP contribution is -2.49. The molecule has 3 rings (SSSR count). The Morgan fingerprint density at radius 1 is 0.929 bits per heavy atom. The molecule has 1 amide bonds. The summed E-state index contributed by atoms with van der Waals surface area (Å²) in [7, 11) is 3.07. The average Bonchev–Trinajstić information content (AvgIpc) is 2.73. The Balaban J connectivity index is 1.57. The highest BCUT2D eigenvalue weighted by Gasteiger charge is 2.24. The number of rotatable bonds is 6. The zero-order chi connectivity index (χ0) is 20.1. The van der Waals surface area contributed by atoms with Crippen molar-refractivity contribution in [3.8, 4) is 11.5 Å². The first-order chi connectivity index (χ1) is 13.5. The molecular weight excluding hydrogens is 363 g/mol. The summed E-state index contributed by atoms with van der Waals surface area (Å²) in [6.45, 7) is 2.42. The van der Waals surface area contributed by atoms with E-state index >= 15 is 0 Å². The number of methoxy groups -OCH3 is 2. The lowest BCUT2D eigenvalue weighted by atomic mass is 10.1. The van der Waals surface area contributed by atoms with Crippen LogP contribution in [-0.4, -0.2) is 68.4 Å². The molecule has 0 saturated carbocycles. The maximum atomic E-state index is 13.3. The van der Waals surface area contributed by atoms with Crippen molar-refractivity contribution in [2.45, 2.75) is 0 Å². The van der Waals surface area contributed by atoms with Gasteiger partial charge >= 0.3 is 0 Å². The quantitative estimate of drug-likeness (QED) is 0.714. The summed E-state index contributed by atoms with van der Waals surface area (Å²) >= 11 is 0. The number of nitrogens with zero attached hydrogens (tertiary/aromatic N) is 2. The minimum Gasteiger partial charge on any atom is -0.493 e. The summed E-state index contributed by atoms with van der Waals surface area (Å²) in [6.07, 6.45) is 0. The first-order valence-electron chi connectivity index (χ1n) is 9.04. The third kappa shape index (κ3) is 4.48. The molecule has 1 heterocycles. The summed E-state index contributed by atoms with van der Waals surface area (Å²) in [5.41, 5.74) is 0.894. The highest BCUT2D eigenvalue weighted by Crippen LogP contribution is 2.27. The van der Waals surface area contributed by atoms with Gasteiger partial charge in [0.25, 0.3) is 5.91 Å². The number of ketones is 1. The molecule has 1 aliphatic rings. The van der Waals surface area contributed by atoms with E-state index < -0.39 is 5.82 Å². The van der Waals surface area contributed by atoms with E-state index in [4.69, 9.17) is 9.47 Å². The molecule has 0 unspecified atom stereocenters. The number of carbonyl (C=O) groups is 2. The molecule has 2 aromatic carbocycles. The van der Waals surface area contributed by atoms with Crippen molar-refractivity contribution in [2.75, 3.05) is 46.9 Å². The zero-order valence-corrected chi connectivity index (χ0v) is 16.0. The first kappa shape index (κ1) is 19.8. The van der Waals surface area contributed by atoms with E-state index in [0.29, 0.717) is 48.8 Å². The van der Waals surface area contributed by atoms with Gasteiger partial charge in [0.1, 0.15) is 5.82 Å². The van der Waals surface area contributed by atoms with Crippen LogP contribution in [0.4, 0.5) is 4.39 Å². The molecule has 0 aliphatic carbocycles. The fraction of sp³-hybridized carbons (Fsp3) is 0.333. The Labute approximate surface area is 163 Å². The Bertz CT molecular complexity index is 863. The molecule has 1 fully saturated rings. The maximum absolute atomic E-state index is 13.3. The van der Waals surface area contributed by atoms with Gasteiger partial charge in [-0.1, -0.05) is 6.07 Å². The van der Waals surface area contributed by atoms with Crippen molar-refractivity contribution < 1.29 is 23.5 Å². The molecule has 148 valence electrons. The molecule has 1 saturated heterocycles. The number of hydrogen-bond acceptors (Lipinski definition) is 5. The Morgan fingerprint density at radius 2 is 1.64 bits per heavy atom. The van der Waals surface area contributed by atoms with Gasteiger partial charge in [0, 0.05) is 37.3 Å². The van der Waals surface area contributed by atoms with Crippen molar-refractivity contribution in [1.82, 2.24) is 9.80 Å². The van der Waals surface area contributed by atoms with Crippen LogP contribution in [0.5, 0.6) is 11.5 Å². The molecule has 28 heavy (non-hydrogen) atoms. The van der Waals surface area contributed by atoms with Gasteiger partial charge < -0.3 is 14.4 Å². The van der Waals surface area contributed by atoms with Crippen LogP contribution in [0.1, 0.15) is 20.7 Å². The third-order valence-corrected chi connectivity index (χ3v) is 4.80. The Morgan fingerprint density at radius 3 is 2.29 bits per heavy atom. The average molecular weight is 386 g/mol. The third-order valence-electron chi connectivity index (χ3n) is 4.80. The van der Waals surface area contributed by atoms with Crippen LogP contribution >= 0.6 is 0 Å². The van der Waals surface area contributed by atoms with E-state index in [1.807, 2.05) is 4.90 Å². The molecule has 0 N–H and O–H groups in total. The standard InChI is InChI=1S/C21H23FN2O4/c1-27-19-7-6-15(13-20(19)28-2)18(25)14-23-8-10-24(11-9-23)21(26)16-4-3-5-17(22)12-16/h3-7,12-13H,8-11,14H2,1-2H3. The largest absolute Gasteiger partial charge is 0.493 e. The molecule has 1 aliphatic heterocycles. The van der Waals surface area contributed by atoms with Gasteiger partial charge in [-0.05, 0) is 36.4 Å². The summed E-state index contributed by atoms with van der Waals surface area (Å²) in [6, 6.07) is 10.8. The number of carbonyl (C=O) groups excluding carboxylic acids is 2. The van der Waals surface area contributed by atoms with Gasteiger partial charge in [-0.2, -0.15) is 0 Å². The molecule has 0 atom stereocenters. The molecule has 0 radical (unpaired) electrons. The summed E-state index contributed by atoms with van der Waals surface area (Å²) < 4.78 is 23.8. The predicted octanol–water partition coefficient (Wildman–Crippen LogP) is 2.48. The second-order valence-corrected chi connectivity index (χ2v) is 6.57. The molecular formula is C21H23FN2O4. The van der Waals surface area contributed by atoms with Crippen LogP contribution in [0.2, 0.25) is 0 Å². The van der Waals surface area contributed by atoms with Gasteiger partial charge in [0.15, 0.2) is 17.3 Å². The normalized spacial score (nSPS) is 14.6.